The summed E-state index contributed by atoms with van der Waals surface area (Å²) in [5.74, 6) is -0.339. The number of hydrogen-bond donors (Lipinski definition) is 2. The molecule has 0 fully saturated rings. The van der Waals surface area contributed by atoms with Crippen molar-refractivity contribution in [2.45, 2.75) is 19.4 Å². The van der Waals surface area contributed by atoms with Crippen molar-refractivity contribution in [2.24, 2.45) is 0 Å². The Morgan fingerprint density at radius 3 is 2.89 bits per heavy atom. The minimum atomic E-state index is -0.339. The Morgan fingerprint density at radius 2 is 2.37 bits per heavy atom. The van der Waals surface area contributed by atoms with E-state index in [0.29, 0.717) is 17.1 Å². The first-order chi connectivity index (χ1) is 9.06. The van der Waals surface area contributed by atoms with Gasteiger partial charge >= 0.3 is 5.97 Å². The fourth-order valence-corrected chi connectivity index (χ4v) is 3.68. The van der Waals surface area contributed by atoms with Crippen LogP contribution in [0.4, 0.5) is 0 Å². The minimum absolute atomic E-state index is 0.257. The van der Waals surface area contributed by atoms with Crippen LogP contribution in [0, 0.1) is 0 Å². The molecule has 2 N–H and O–H groups in total. The number of ether oxygens (including phenoxy) is 1. The highest BCUT2D eigenvalue weighted by atomic mass is 79.9. The van der Waals surface area contributed by atoms with Gasteiger partial charge in [0.25, 0.3) is 0 Å². The number of nitrogens with one attached hydrogen (secondary N) is 2. The molecule has 2 rings (SSSR count). The zero-order valence-corrected chi connectivity index (χ0v) is 13.7. The van der Waals surface area contributed by atoms with Gasteiger partial charge in [0.2, 0.25) is 0 Å². The first kappa shape index (κ1) is 14.5. The predicted molar refractivity (Wildman–Crippen MR) is 83.0 cm³/mol. The second-order valence-electron chi connectivity index (χ2n) is 3.94. The Labute approximate surface area is 129 Å². The Balaban J connectivity index is 2.49. The molecule has 0 aliphatic carbocycles. The summed E-state index contributed by atoms with van der Waals surface area (Å²) in [5, 5.41) is 8.66. The van der Waals surface area contributed by atoms with E-state index >= 15 is 0 Å². The molecule has 7 heteroatoms. The normalized spacial score (nSPS) is 18.9. The van der Waals surface area contributed by atoms with Crippen molar-refractivity contribution in [1.82, 2.24) is 10.6 Å². The van der Waals surface area contributed by atoms with E-state index in [1.165, 1.54) is 7.11 Å². The molecular formula is C12H13BrN2O2S2. The van der Waals surface area contributed by atoms with E-state index in [1.54, 1.807) is 11.3 Å². The van der Waals surface area contributed by atoms with E-state index in [2.05, 4.69) is 26.6 Å². The summed E-state index contributed by atoms with van der Waals surface area (Å²) in [5.41, 5.74) is 1.40. The van der Waals surface area contributed by atoms with Crippen molar-refractivity contribution < 1.29 is 9.53 Å². The summed E-state index contributed by atoms with van der Waals surface area (Å²) in [4.78, 5) is 13.0. The summed E-state index contributed by atoms with van der Waals surface area (Å²) in [6.07, 6.45) is 0.690. The smallest absolute Gasteiger partial charge is 0.338 e. The Bertz CT molecular complexity index is 554. The lowest BCUT2D eigenvalue weighted by atomic mass is 10.00. The molecule has 4 nitrogen and oxygen atoms in total. The van der Waals surface area contributed by atoms with Crippen molar-refractivity contribution >= 4 is 50.6 Å². The molecule has 2 heterocycles. The van der Waals surface area contributed by atoms with Gasteiger partial charge in [0.15, 0.2) is 5.11 Å². The largest absolute Gasteiger partial charge is 0.466 e. The van der Waals surface area contributed by atoms with Gasteiger partial charge in [-0.25, -0.2) is 4.79 Å². The number of carbonyl (C=O) groups excluding carboxylic acids is 1. The summed E-state index contributed by atoms with van der Waals surface area (Å²) in [7, 11) is 1.39. The molecule has 0 radical (unpaired) electrons. The second-order valence-corrected chi connectivity index (χ2v) is 6.20. The average molecular weight is 361 g/mol. The van der Waals surface area contributed by atoms with Gasteiger partial charge in [0, 0.05) is 20.4 Å². The molecule has 19 heavy (non-hydrogen) atoms. The molecule has 1 aliphatic heterocycles. The van der Waals surface area contributed by atoms with Crippen LogP contribution in [0.25, 0.3) is 0 Å². The highest BCUT2D eigenvalue weighted by Crippen LogP contribution is 2.33. The van der Waals surface area contributed by atoms with Gasteiger partial charge in [-0.05, 0) is 40.6 Å². The lowest BCUT2D eigenvalue weighted by Crippen LogP contribution is -2.45. The number of esters is 1. The molecule has 0 bridgehead atoms. The molecule has 0 unspecified atom stereocenters. The Kier molecular flexibility index (Phi) is 4.59. The van der Waals surface area contributed by atoms with E-state index in [4.69, 9.17) is 17.0 Å². The van der Waals surface area contributed by atoms with Crippen LogP contribution < -0.4 is 10.6 Å². The third-order valence-electron chi connectivity index (χ3n) is 2.78. The van der Waals surface area contributed by atoms with Crippen LogP contribution in [0.5, 0.6) is 0 Å². The highest BCUT2D eigenvalue weighted by Gasteiger charge is 2.32. The first-order valence-electron chi connectivity index (χ1n) is 5.69. The number of methoxy groups -OCH3 is 1. The fourth-order valence-electron chi connectivity index (χ4n) is 1.94. The highest BCUT2D eigenvalue weighted by molar-refractivity contribution is 9.10. The lowest BCUT2D eigenvalue weighted by molar-refractivity contribution is -0.136. The third kappa shape index (κ3) is 2.98. The van der Waals surface area contributed by atoms with Crippen molar-refractivity contribution in [3.63, 3.8) is 0 Å². The van der Waals surface area contributed by atoms with Gasteiger partial charge in [-0.1, -0.05) is 6.92 Å². The average Bonchev–Trinajstić information content (AvgIpc) is 2.83. The van der Waals surface area contributed by atoms with Crippen molar-refractivity contribution in [2.75, 3.05) is 7.11 Å². The number of allylic oxidation sites excluding steroid dienone is 1. The molecule has 1 aliphatic rings. The lowest BCUT2D eigenvalue weighted by Gasteiger charge is -2.29. The maximum absolute atomic E-state index is 12.0. The SMILES string of the molecule is CCC1=C(C(=O)OC)[C@@H](c2cc(Br)cs2)NC(=S)N1. The zero-order valence-electron chi connectivity index (χ0n) is 10.5. The molecule has 0 saturated carbocycles. The summed E-state index contributed by atoms with van der Waals surface area (Å²) in [6, 6.07) is 1.72. The standard InChI is InChI=1S/C12H13BrN2O2S2/c1-3-7-9(11(16)17-2)10(15-12(18)14-7)8-4-6(13)5-19-8/h4-5,10H,3H2,1-2H3,(H2,14,15,18)/t10-/m1/s1. The molecule has 0 aromatic carbocycles. The quantitative estimate of drug-likeness (QED) is 0.641. The van der Waals surface area contributed by atoms with Crippen LogP contribution in [-0.4, -0.2) is 18.2 Å². The van der Waals surface area contributed by atoms with E-state index in [9.17, 15) is 4.79 Å². The predicted octanol–water partition coefficient (Wildman–Crippen LogP) is 2.87. The number of thiophene rings is 1. The van der Waals surface area contributed by atoms with E-state index < -0.39 is 0 Å². The topological polar surface area (TPSA) is 50.4 Å². The van der Waals surface area contributed by atoms with Crippen LogP contribution in [0.1, 0.15) is 24.3 Å². The molecular weight excluding hydrogens is 348 g/mol. The van der Waals surface area contributed by atoms with Crippen LogP contribution in [0.2, 0.25) is 0 Å². The Morgan fingerprint density at radius 1 is 1.63 bits per heavy atom. The van der Waals surface area contributed by atoms with E-state index in [-0.39, 0.29) is 12.0 Å². The van der Waals surface area contributed by atoms with E-state index in [0.717, 1.165) is 15.0 Å². The van der Waals surface area contributed by atoms with Crippen molar-refractivity contribution in [3.05, 3.63) is 32.1 Å². The van der Waals surface area contributed by atoms with Gasteiger partial charge in [-0.3, -0.25) is 0 Å². The maximum Gasteiger partial charge on any atom is 0.338 e. The van der Waals surface area contributed by atoms with Crippen LogP contribution in [0.3, 0.4) is 0 Å². The summed E-state index contributed by atoms with van der Waals surface area (Å²) in [6.45, 7) is 1.97. The minimum Gasteiger partial charge on any atom is -0.466 e. The molecule has 0 amide bonds. The fraction of sp³-hybridized carbons (Fsp3) is 0.333. The van der Waals surface area contributed by atoms with Gasteiger partial charge in [0.05, 0.1) is 18.7 Å². The maximum atomic E-state index is 12.0. The molecule has 102 valence electrons. The summed E-state index contributed by atoms with van der Waals surface area (Å²) < 4.78 is 5.88. The van der Waals surface area contributed by atoms with Gasteiger partial charge in [0.1, 0.15) is 0 Å². The molecule has 0 saturated heterocycles. The number of halogens is 1. The van der Waals surface area contributed by atoms with Gasteiger partial charge < -0.3 is 15.4 Å². The molecule has 1 aromatic rings. The van der Waals surface area contributed by atoms with Crippen LogP contribution in [-0.2, 0) is 9.53 Å². The first-order valence-corrected chi connectivity index (χ1v) is 7.77. The van der Waals surface area contributed by atoms with E-state index in [1.807, 2.05) is 18.4 Å². The zero-order chi connectivity index (χ0) is 14.0. The third-order valence-corrected chi connectivity index (χ3v) is 4.76. The van der Waals surface area contributed by atoms with Crippen LogP contribution in [0.15, 0.2) is 27.2 Å². The number of thiocarbonyl (C=S) groups is 1. The number of carbonyl (C=O) groups is 1. The molecule has 1 atom stereocenters. The Hall–Kier alpha value is -0.920. The van der Waals surface area contributed by atoms with Gasteiger partial charge in [-0.2, -0.15) is 0 Å². The number of rotatable bonds is 3. The monoisotopic (exact) mass is 360 g/mol. The molecule has 0 spiro atoms. The summed E-state index contributed by atoms with van der Waals surface area (Å²) >= 11 is 10.2. The number of hydrogen-bond acceptors (Lipinski definition) is 4. The van der Waals surface area contributed by atoms with Gasteiger partial charge in [-0.15, -0.1) is 11.3 Å². The van der Waals surface area contributed by atoms with Crippen molar-refractivity contribution in [3.8, 4) is 0 Å². The second kappa shape index (κ2) is 6.02. The van der Waals surface area contributed by atoms with Crippen LogP contribution >= 0.6 is 39.5 Å². The van der Waals surface area contributed by atoms with Crippen molar-refractivity contribution in [1.29, 1.82) is 0 Å². The molecule has 1 aromatic heterocycles.